The summed E-state index contributed by atoms with van der Waals surface area (Å²) in [5, 5.41) is 18.2. The molecule has 0 saturated heterocycles. The maximum Gasteiger partial charge on any atom is 0.348 e. The summed E-state index contributed by atoms with van der Waals surface area (Å²) in [5.74, 6) is -2.24. The van der Waals surface area contributed by atoms with Crippen LogP contribution < -0.4 is 4.72 Å². The number of carbonyl (C=O) groups is 2. The number of esters is 1. The quantitative estimate of drug-likeness (QED) is 0.588. The molecule has 0 spiro atoms. The lowest BCUT2D eigenvalue weighted by molar-refractivity contribution is -0.141. The Kier molecular flexibility index (Phi) is 5.87. The van der Waals surface area contributed by atoms with Crippen LogP contribution >= 0.6 is 27.3 Å². The highest BCUT2D eigenvalue weighted by atomic mass is 79.9. The molecule has 0 aliphatic rings. The number of hydrogen-bond donors (Lipinski definition) is 3. The molecule has 0 fully saturated rings. The van der Waals surface area contributed by atoms with Crippen LogP contribution in [0, 0.1) is 0 Å². The van der Waals surface area contributed by atoms with E-state index in [4.69, 9.17) is 5.11 Å². The van der Waals surface area contributed by atoms with Gasteiger partial charge in [0.25, 0.3) is 0 Å². The highest BCUT2D eigenvalue weighted by Crippen LogP contribution is 2.32. The third-order valence-electron chi connectivity index (χ3n) is 2.36. The van der Waals surface area contributed by atoms with Crippen LogP contribution in [0.5, 0.6) is 0 Å². The molecule has 11 heteroatoms. The van der Waals surface area contributed by atoms with Crippen molar-refractivity contribution in [1.29, 1.82) is 0 Å². The third-order valence-corrected chi connectivity index (χ3v) is 6.04. The number of methoxy groups -OCH3 is 1. The fraction of sp³-hybridized carbons (Fsp3) is 0.400. The van der Waals surface area contributed by atoms with Gasteiger partial charge in [-0.3, -0.25) is 4.79 Å². The van der Waals surface area contributed by atoms with Gasteiger partial charge in [-0.25, -0.2) is 13.2 Å². The molecular weight excluding hydrogens is 390 g/mol. The Morgan fingerprint density at radius 3 is 2.48 bits per heavy atom. The van der Waals surface area contributed by atoms with E-state index in [1.807, 2.05) is 4.72 Å². The van der Waals surface area contributed by atoms with Crippen LogP contribution in [0.1, 0.15) is 16.6 Å². The van der Waals surface area contributed by atoms with Crippen LogP contribution in [-0.4, -0.2) is 49.8 Å². The minimum Gasteiger partial charge on any atom is -0.480 e. The number of ether oxygens (including phenoxy) is 1. The van der Waals surface area contributed by atoms with Crippen LogP contribution in [0.15, 0.2) is 14.7 Å². The molecule has 21 heavy (non-hydrogen) atoms. The molecule has 0 saturated carbocycles. The predicted octanol–water partition coefficient (Wildman–Crippen LogP) is 0.410. The Hall–Kier alpha value is -1.01. The summed E-state index contributed by atoms with van der Waals surface area (Å²) >= 11 is 3.83. The minimum atomic E-state index is -4.24. The number of thiophene rings is 1. The largest absolute Gasteiger partial charge is 0.480 e. The van der Waals surface area contributed by atoms with Crippen molar-refractivity contribution >= 4 is 49.2 Å². The van der Waals surface area contributed by atoms with Gasteiger partial charge in [-0.1, -0.05) is 0 Å². The SMILES string of the molecule is COC(=O)c1cc(S(=O)(=O)NC(C(=O)O)C(C)O)c(Br)s1. The van der Waals surface area contributed by atoms with Crippen molar-refractivity contribution in [1.82, 2.24) is 4.72 Å². The predicted molar refractivity (Wildman–Crippen MR) is 76.8 cm³/mol. The van der Waals surface area contributed by atoms with Gasteiger partial charge >= 0.3 is 11.9 Å². The summed E-state index contributed by atoms with van der Waals surface area (Å²) in [6.45, 7) is 1.14. The zero-order valence-electron chi connectivity index (χ0n) is 10.9. The number of halogens is 1. The maximum absolute atomic E-state index is 12.1. The summed E-state index contributed by atoms with van der Waals surface area (Å²) in [6, 6.07) is -0.646. The van der Waals surface area contributed by atoms with E-state index in [0.717, 1.165) is 31.4 Å². The first-order valence-corrected chi connectivity index (χ1v) is 8.50. The number of carboxylic acids is 1. The second kappa shape index (κ2) is 6.83. The Morgan fingerprint density at radius 2 is 2.05 bits per heavy atom. The van der Waals surface area contributed by atoms with Crippen molar-refractivity contribution in [3.63, 3.8) is 0 Å². The van der Waals surface area contributed by atoms with Gasteiger partial charge < -0.3 is 14.9 Å². The molecule has 1 rings (SSSR count). The van der Waals surface area contributed by atoms with Crippen LogP contribution in [0.25, 0.3) is 0 Å². The van der Waals surface area contributed by atoms with Crippen LogP contribution in [0.4, 0.5) is 0 Å². The summed E-state index contributed by atoms with van der Waals surface area (Å²) in [6.07, 6.45) is -1.44. The second-order valence-corrected chi connectivity index (χ2v) is 7.97. The fourth-order valence-corrected chi connectivity index (χ4v) is 5.07. The smallest absolute Gasteiger partial charge is 0.348 e. The minimum absolute atomic E-state index is 0.0358. The van der Waals surface area contributed by atoms with E-state index in [1.54, 1.807) is 0 Å². The van der Waals surface area contributed by atoms with Crippen molar-refractivity contribution in [2.45, 2.75) is 24.0 Å². The zero-order valence-corrected chi connectivity index (χ0v) is 14.1. The monoisotopic (exact) mass is 401 g/mol. The maximum atomic E-state index is 12.1. The molecule has 0 aliphatic heterocycles. The summed E-state index contributed by atoms with van der Waals surface area (Å²) in [4.78, 5) is 22.0. The third kappa shape index (κ3) is 4.23. The van der Waals surface area contributed by atoms with Crippen molar-refractivity contribution in [3.8, 4) is 0 Å². The van der Waals surface area contributed by atoms with E-state index < -0.39 is 34.1 Å². The first-order valence-electron chi connectivity index (χ1n) is 5.41. The van der Waals surface area contributed by atoms with Crippen LogP contribution in [0.3, 0.4) is 0 Å². The number of aliphatic hydroxyl groups excluding tert-OH is 1. The molecule has 2 atom stereocenters. The Bertz CT molecular complexity index is 652. The summed E-state index contributed by atoms with van der Waals surface area (Å²) in [7, 11) is -3.09. The summed E-state index contributed by atoms with van der Waals surface area (Å²) < 4.78 is 30.7. The first kappa shape index (κ1) is 18.0. The molecule has 1 heterocycles. The topological polar surface area (TPSA) is 130 Å². The van der Waals surface area contributed by atoms with Gasteiger partial charge in [-0.2, -0.15) is 4.72 Å². The molecule has 0 aliphatic carbocycles. The fourth-order valence-electron chi connectivity index (χ4n) is 1.32. The molecule has 2 unspecified atom stereocenters. The summed E-state index contributed by atoms with van der Waals surface area (Å²) in [5.41, 5.74) is 0. The molecule has 118 valence electrons. The van der Waals surface area contributed by atoms with E-state index in [-0.39, 0.29) is 13.6 Å². The lowest BCUT2D eigenvalue weighted by atomic mass is 10.2. The van der Waals surface area contributed by atoms with Crippen molar-refractivity contribution in [2.75, 3.05) is 7.11 Å². The lowest BCUT2D eigenvalue weighted by Gasteiger charge is -2.16. The van der Waals surface area contributed by atoms with Crippen LogP contribution in [0.2, 0.25) is 0 Å². The average Bonchev–Trinajstić information content (AvgIpc) is 2.77. The second-order valence-electron chi connectivity index (χ2n) is 3.92. The Balaban J connectivity index is 3.16. The number of carboxylic acid groups (broad SMARTS) is 1. The molecule has 0 amide bonds. The van der Waals surface area contributed by atoms with Crippen molar-refractivity contribution < 1.29 is 33.0 Å². The van der Waals surface area contributed by atoms with E-state index in [0.29, 0.717) is 0 Å². The molecule has 1 aromatic heterocycles. The molecule has 0 aromatic carbocycles. The molecule has 8 nitrogen and oxygen atoms in total. The van der Waals surface area contributed by atoms with Gasteiger partial charge in [0.05, 0.1) is 17.0 Å². The number of nitrogens with one attached hydrogen (secondary N) is 1. The standard InChI is InChI=1S/C10H12BrNO7S2/c1-4(13)7(9(14)15)12-21(17,18)6-3-5(10(16)19-2)20-8(6)11/h3-4,7,12-13H,1-2H3,(H,14,15). The number of aliphatic hydroxyl groups is 1. The van der Waals surface area contributed by atoms with Crippen molar-refractivity contribution in [3.05, 3.63) is 14.7 Å². The zero-order chi connectivity index (χ0) is 16.4. The molecule has 0 bridgehead atoms. The number of sulfonamides is 1. The highest BCUT2D eigenvalue weighted by Gasteiger charge is 2.31. The van der Waals surface area contributed by atoms with Crippen LogP contribution in [-0.2, 0) is 19.6 Å². The van der Waals surface area contributed by atoms with E-state index in [1.165, 1.54) is 0 Å². The van der Waals surface area contributed by atoms with Gasteiger partial charge in [-0.15, -0.1) is 11.3 Å². The van der Waals surface area contributed by atoms with Gasteiger partial charge in [0.1, 0.15) is 15.8 Å². The number of rotatable bonds is 6. The van der Waals surface area contributed by atoms with Gasteiger partial charge in [0, 0.05) is 0 Å². The molecular formula is C10H12BrNO7S2. The van der Waals surface area contributed by atoms with E-state index in [9.17, 15) is 23.1 Å². The number of hydrogen-bond acceptors (Lipinski definition) is 7. The van der Waals surface area contributed by atoms with Crippen molar-refractivity contribution in [2.24, 2.45) is 0 Å². The Morgan fingerprint density at radius 1 is 1.48 bits per heavy atom. The van der Waals surface area contributed by atoms with Gasteiger partial charge in [0.15, 0.2) is 0 Å². The molecule has 1 aromatic rings. The molecule has 3 N–H and O–H groups in total. The van der Waals surface area contributed by atoms with E-state index in [2.05, 4.69) is 20.7 Å². The normalized spacial score (nSPS) is 14.5. The van der Waals surface area contributed by atoms with Gasteiger partial charge in [-0.05, 0) is 28.9 Å². The van der Waals surface area contributed by atoms with E-state index >= 15 is 0 Å². The Labute approximate surface area is 132 Å². The average molecular weight is 402 g/mol. The molecule has 0 radical (unpaired) electrons. The number of carbonyl (C=O) groups excluding carboxylic acids is 1. The van der Waals surface area contributed by atoms with Gasteiger partial charge in [0.2, 0.25) is 10.0 Å². The highest BCUT2D eigenvalue weighted by molar-refractivity contribution is 9.11. The first-order chi connectivity index (χ1) is 9.60. The lowest BCUT2D eigenvalue weighted by Crippen LogP contribution is -2.47. The number of aliphatic carboxylic acids is 1.